The van der Waals surface area contributed by atoms with Crippen LogP contribution in [0.5, 0.6) is 11.5 Å². The summed E-state index contributed by atoms with van der Waals surface area (Å²) in [5.74, 6) is 0.925. The highest BCUT2D eigenvalue weighted by Crippen LogP contribution is 2.27. The summed E-state index contributed by atoms with van der Waals surface area (Å²) < 4.78 is 20.7. The zero-order valence-corrected chi connectivity index (χ0v) is 15.9. The Morgan fingerprint density at radius 2 is 1.85 bits per heavy atom. The lowest BCUT2D eigenvalue weighted by atomic mass is 10.1. The largest absolute Gasteiger partial charge is 0.493 e. The molecule has 27 heavy (non-hydrogen) atoms. The molecule has 0 aliphatic heterocycles. The number of rotatable bonds is 10. The second-order valence-corrected chi connectivity index (χ2v) is 5.76. The minimum absolute atomic E-state index is 0.131. The van der Waals surface area contributed by atoms with Crippen LogP contribution in [0.25, 0.3) is 0 Å². The van der Waals surface area contributed by atoms with Gasteiger partial charge in [0.25, 0.3) is 5.91 Å². The van der Waals surface area contributed by atoms with Crippen LogP contribution in [-0.2, 0) is 16.0 Å². The summed E-state index contributed by atoms with van der Waals surface area (Å²) >= 11 is 0. The molecule has 146 valence electrons. The quantitative estimate of drug-likeness (QED) is 0.594. The third-order valence-corrected chi connectivity index (χ3v) is 4.03. The van der Waals surface area contributed by atoms with Gasteiger partial charge in [-0.15, -0.1) is 0 Å². The van der Waals surface area contributed by atoms with Crippen molar-refractivity contribution in [2.45, 2.75) is 19.8 Å². The molecular weight excluding hydrogens is 350 g/mol. The number of amides is 1. The van der Waals surface area contributed by atoms with E-state index in [0.29, 0.717) is 31.1 Å². The van der Waals surface area contributed by atoms with E-state index in [9.17, 15) is 9.59 Å². The minimum atomic E-state index is -0.333. The molecule has 0 atom stereocenters. The maximum atomic E-state index is 12.7. The van der Waals surface area contributed by atoms with E-state index in [1.807, 2.05) is 18.2 Å². The molecule has 1 amide bonds. The summed E-state index contributed by atoms with van der Waals surface area (Å²) in [6, 6.07) is 8.88. The Morgan fingerprint density at radius 1 is 1.07 bits per heavy atom. The minimum Gasteiger partial charge on any atom is -0.493 e. The van der Waals surface area contributed by atoms with Gasteiger partial charge in [0.15, 0.2) is 17.3 Å². The molecule has 0 unspecified atom stereocenters. The Balaban J connectivity index is 2.06. The maximum Gasteiger partial charge on any atom is 0.307 e. The number of carbonyl (C=O) groups is 2. The first-order chi connectivity index (χ1) is 13.1. The zero-order valence-electron chi connectivity index (χ0n) is 15.9. The number of furan rings is 1. The first-order valence-corrected chi connectivity index (χ1v) is 8.78. The molecule has 1 aromatic carbocycles. The van der Waals surface area contributed by atoms with Crippen LogP contribution in [0.3, 0.4) is 0 Å². The highest BCUT2D eigenvalue weighted by Gasteiger charge is 2.19. The molecule has 0 N–H and O–H groups in total. The van der Waals surface area contributed by atoms with Crippen LogP contribution in [0.1, 0.15) is 29.5 Å². The monoisotopic (exact) mass is 375 g/mol. The van der Waals surface area contributed by atoms with Gasteiger partial charge in [0.1, 0.15) is 0 Å². The lowest BCUT2D eigenvalue weighted by Crippen LogP contribution is -2.34. The average molecular weight is 375 g/mol. The number of esters is 1. The molecule has 0 aliphatic carbocycles. The highest BCUT2D eigenvalue weighted by atomic mass is 16.5. The summed E-state index contributed by atoms with van der Waals surface area (Å²) in [6.07, 6.45) is 2.17. The van der Waals surface area contributed by atoms with E-state index in [0.717, 1.165) is 5.56 Å². The number of ether oxygens (including phenoxy) is 3. The average Bonchev–Trinajstić information content (AvgIpc) is 3.22. The molecule has 0 aliphatic rings. The van der Waals surface area contributed by atoms with Crippen LogP contribution in [-0.4, -0.2) is 50.7 Å². The summed E-state index contributed by atoms with van der Waals surface area (Å²) in [5, 5.41) is 0. The van der Waals surface area contributed by atoms with Crippen molar-refractivity contribution in [3.05, 3.63) is 47.9 Å². The van der Waals surface area contributed by atoms with Gasteiger partial charge in [0.2, 0.25) is 0 Å². The Bertz CT molecular complexity index is 741. The third-order valence-electron chi connectivity index (χ3n) is 4.03. The van der Waals surface area contributed by atoms with Crippen LogP contribution in [0.2, 0.25) is 0 Å². The molecular formula is C20H25NO6. The number of hydrogen-bond donors (Lipinski definition) is 0. The molecule has 7 heteroatoms. The first-order valence-electron chi connectivity index (χ1n) is 8.78. The van der Waals surface area contributed by atoms with Crippen molar-refractivity contribution in [3.8, 4) is 11.5 Å². The molecule has 2 aromatic rings. The van der Waals surface area contributed by atoms with E-state index in [2.05, 4.69) is 0 Å². The van der Waals surface area contributed by atoms with Gasteiger partial charge < -0.3 is 23.5 Å². The smallest absolute Gasteiger partial charge is 0.307 e. The molecule has 1 aromatic heterocycles. The Labute approximate surface area is 158 Å². The van der Waals surface area contributed by atoms with Crippen LogP contribution < -0.4 is 9.47 Å². The van der Waals surface area contributed by atoms with Crippen molar-refractivity contribution in [2.24, 2.45) is 0 Å². The van der Waals surface area contributed by atoms with Crippen LogP contribution in [0, 0.1) is 0 Å². The lowest BCUT2D eigenvalue weighted by molar-refractivity contribution is -0.143. The Morgan fingerprint density at radius 3 is 2.48 bits per heavy atom. The van der Waals surface area contributed by atoms with E-state index >= 15 is 0 Å². The standard InChI is InChI=1S/C20H25NO6/c1-4-26-19(22)10-12-21(20(23)17-6-5-13-27-17)11-9-15-7-8-16(24-2)18(14-15)25-3/h5-8,13-14H,4,9-12H2,1-3H3. The number of benzene rings is 1. The molecule has 0 radical (unpaired) electrons. The van der Waals surface area contributed by atoms with Gasteiger partial charge in [-0.3, -0.25) is 9.59 Å². The van der Waals surface area contributed by atoms with Crippen molar-refractivity contribution in [1.82, 2.24) is 4.90 Å². The Hall–Kier alpha value is -2.96. The molecule has 2 rings (SSSR count). The topological polar surface area (TPSA) is 78.2 Å². The number of hydrogen-bond acceptors (Lipinski definition) is 6. The van der Waals surface area contributed by atoms with Gasteiger partial charge in [-0.2, -0.15) is 0 Å². The summed E-state index contributed by atoms with van der Waals surface area (Å²) in [5.41, 5.74) is 0.987. The van der Waals surface area contributed by atoms with Crippen LogP contribution >= 0.6 is 0 Å². The van der Waals surface area contributed by atoms with E-state index in [4.69, 9.17) is 18.6 Å². The normalized spacial score (nSPS) is 10.3. The van der Waals surface area contributed by atoms with E-state index in [1.54, 1.807) is 38.2 Å². The fourth-order valence-electron chi connectivity index (χ4n) is 2.63. The molecule has 0 saturated carbocycles. The molecule has 0 spiro atoms. The highest BCUT2D eigenvalue weighted by molar-refractivity contribution is 5.91. The van der Waals surface area contributed by atoms with Crippen molar-refractivity contribution in [3.63, 3.8) is 0 Å². The zero-order chi connectivity index (χ0) is 19.6. The number of methoxy groups -OCH3 is 2. The fraction of sp³-hybridized carbons (Fsp3) is 0.400. The van der Waals surface area contributed by atoms with Crippen molar-refractivity contribution in [2.75, 3.05) is 33.9 Å². The number of carbonyl (C=O) groups excluding carboxylic acids is 2. The third kappa shape index (κ3) is 5.77. The predicted molar refractivity (Wildman–Crippen MR) is 99.1 cm³/mol. The van der Waals surface area contributed by atoms with Gasteiger partial charge >= 0.3 is 5.97 Å². The molecule has 1 heterocycles. The van der Waals surface area contributed by atoms with Crippen molar-refractivity contribution >= 4 is 11.9 Å². The SMILES string of the molecule is CCOC(=O)CCN(CCc1ccc(OC)c(OC)c1)C(=O)c1ccco1. The summed E-state index contributed by atoms with van der Waals surface area (Å²) in [7, 11) is 3.16. The predicted octanol–water partition coefficient (Wildman–Crippen LogP) is 2.93. The van der Waals surface area contributed by atoms with Gasteiger partial charge in [0, 0.05) is 13.1 Å². The summed E-state index contributed by atoms with van der Waals surface area (Å²) in [4.78, 5) is 25.9. The van der Waals surface area contributed by atoms with E-state index in [-0.39, 0.29) is 30.6 Å². The van der Waals surface area contributed by atoms with Crippen LogP contribution in [0.15, 0.2) is 41.0 Å². The lowest BCUT2D eigenvalue weighted by Gasteiger charge is -2.21. The van der Waals surface area contributed by atoms with Crippen molar-refractivity contribution in [1.29, 1.82) is 0 Å². The van der Waals surface area contributed by atoms with Gasteiger partial charge in [0.05, 0.1) is 33.5 Å². The van der Waals surface area contributed by atoms with Gasteiger partial charge in [-0.25, -0.2) is 0 Å². The Kier molecular flexibility index (Phi) is 7.73. The van der Waals surface area contributed by atoms with E-state index in [1.165, 1.54) is 6.26 Å². The number of nitrogens with zero attached hydrogens (tertiary/aromatic N) is 1. The van der Waals surface area contributed by atoms with Crippen LogP contribution in [0.4, 0.5) is 0 Å². The summed E-state index contributed by atoms with van der Waals surface area (Å²) in [6.45, 7) is 2.75. The van der Waals surface area contributed by atoms with Gasteiger partial charge in [-0.1, -0.05) is 6.07 Å². The second-order valence-electron chi connectivity index (χ2n) is 5.76. The molecule has 0 fully saturated rings. The molecule has 7 nitrogen and oxygen atoms in total. The van der Waals surface area contributed by atoms with Crippen molar-refractivity contribution < 1.29 is 28.2 Å². The van der Waals surface area contributed by atoms with E-state index < -0.39 is 0 Å². The fourth-order valence-corrected chi connectivity index (χ4v) is 2.63. The maximum absolute atomic E-state index is 12.7. The second kappa shape index (κ2) is 10.3. The molecule has 0 bridgehead atoms. The molecule has 0 saturated heterocycles. The van der Waals surface area contributed by atoms with Gasteiger partial charge in [-0.05, 0) is 43.2 Å². The first kappa shape index (κ1) is 20.4.